The highest BCUT2D eigenvalue weighted by molar-refractivity contribution is 7.20. The van der Waals surface area contributed by atoms with Crippen LogP contribution in [-0.4, -0.2) is 39.8 Å². The van der Waals surface area contributed by atoms with Crippen LogP contribution in [0.15, 0.2) is 23.0 Å². The zero-order chi connectivity index (χ0) is 20.6. The first-order chi connectivity index (χ1) is 13.2. The average Bonchev–Trinajstić information content (AvgIpc) is 2.93. The van der Waals surface area contributed by atoms with Crippen LogP contribution in [0, 0.1) is 17.0 Å². The summed E-state index contributed by atoms with van der Waals surface area (Å²) in [4.78, 5) is 45.3. The standard InChI is InChI=1S/C17H16ClN5O4S/c1-8-13-15(24)20-12(7-22(2)3)21-17(13)28-14(8)16(25)19-9-4-5-10(18)11(6-9)23(26)27/h4-6H,7H2,1-3H3,(H,19,25)(H,20,21,24). The first kappa shape index (κ1) is 19.9. The van der Waals surface area contributed by atoms with E-state index in [0.717, 1.165) is 11.3 Å². The Kier molecular flexibility index (Phi) is 5.45. The Morgan fingerprint density at radius 1 is 1.43 bits per heavy atom. The summed E-state index contributed by atoms with van der Waals surface area (Å²) in [6.07, 6.45) is 0. The van der Waals surface area contributed by atoms with Crippen molar-refractivity contribution in [2.24, 2.45) is 0 Å². The van der Waals surface area contributed by atoms with E-state index in [9.17, 15) is 19.7 Å². The molecule has 9 nitrogen and oxygen atoms in total. The molecule has 0 saturated carbocycles. The van der Waals surface area contributed by atoms with Crippen molar-refractivity contribution >= 4 is 50.4 Å². The van der Waals surface area contributed by atoms with Gasteiger partial charge in [0.2, 0.25) is 0 Å². The average molecular weight is 422 g/mol. The largest absolute Gasteiger partial charge is 0.321 e. The Labute approximate surface area is 168 Å². The van der Waals surface area contributed by atoms with Crippen LogP contribution >= 0.6 is 22.9 Å². The Morgan fingerprint density at radius 2 is 2.14 bits per heavy atom. The molecular formula is C17H16ClN5O4S. The minimum Gasteiger partial charge on any atom is -0.321 e. The van der Waals surface area contributed by atoms with Crippen molar-refractivity contribution in [2.75, 3.05) is 19.4 Å². The number of amides is 1. The second kappa shape index (κ2) is 7.66. The number of halogens is 1. The summed E-state index contributed by atoms with van der Waals surface area (Å²) in [7, 11) is 3.71. The Bertz CT molecular complexity index is 1150. The zero-order valence-corrected chi connectivity index (χ0v) is 16.8. The fraction of sp³-hybridized carbons (Fsp3) is 0.235. The summed E-state index contributed by atoms with van der Waals surface area (Å²) in [5.74, 6) is 0.0229. The lowest BCUT2D eigenvalue weighted by Crippen LogP contribution is -2.18. The van der Waals surface area contributed by atoms with Gasteiger partial charge in [-0.1, -0.05) is 11.6 Å². The van der Waals surface area contributed by atoms with E-state index in [1.54, 1.807) is 6.92 Å². The molecule has 0 unspecified atom stereocenters. The number of aryl methyl sites for hydroxylation is 1. The van der Waals surface area contributed by atoms with Crippen molar-refractivity contribution in [3.63, 3.8) is 0 Å². The predicted molar refractivity (Wildman–Crippen MR) is 108 cm³/mol. The monoisotopic (exact) mass is 421 g/mol. The van der Waals surface area contributed by atoms with E-state index in [4.69, 9.17) is 11.6 Å². The minimum atomic E-state index is -0.627. The second-order valence-corrected chi connectivity index (χ2v) is 7.77. The van der Waals surface area contributed by atoms with Gasteiger partial charge in [-0.15, -0.1) is 11.3 Å². The highest BCUT2D eigenvalue weighted by Crippen LogP contribution is 2.30. The van der Waals surface area contributed by atoms with Gasteiger partial charge in [-0.3, -0.25) is 19.7 Å². The van der Waals surface area contributed by atoms with Gasteiger partial charge in [-0.05, 0) is 38.7 Å². The quantitative estimate of drug-likeness (QED) is 0.482. The molecule has 2 aromatic heterocycles. The molecule has 0 radical (unpaired) electrons. The van der Waals surface area contributed by atoms with Gasteiger partial charge in [0.05, 0.1) is 21.7 Å². The Balaban J connectivity index is 1.97. The third-order valence-electron chi connectivity index (χ3n) is 3.92. The maximum Gasteiger partial charge on any atom is 0.289 e. The highest BCUT2D eigenvalue weighted by Gasteiger charge is 2.21. The number of carbonyl (C=O) groups is 1. The lowest BCUT2D eigenvalue weighted by molar-refractivity contribution is -0.384. The molecule has 2 heterocycles. The molecule has 1 amide bonds. The molecule has 0 saturated heterocycles. The number of H-pyrrole nitrogens is 1. The number of thiophene rings is 1. The van der Waals surface area contributed by atoms with Gasteiger partial charge >= 0.3 is 0 Å². The van der Waals surface area contributed by atoms with E-state index in [1.807, 2.05) is 19.0 Å². The molecule has 0 aliphatic carbocycles. The molecule has 2 N–H and O–H groups in total. The number of nitrogens with one attached hydrogen (secondary N) is 2. The number of nitro benzene ring substituents is 1. The number of nitro groups is 1. The summed E-state index contributed by atoms with van der Waals surface area (Å²) < 4.78 is 0. The molecule has 0 aliphatic rings. The fourth-order valence-corrected chi connectivity index (χ4v) is 3.98. The first-order valence-corrected chi connectivity index (χ1v) is 9.29. The zero-order valence-electron chi connectivity index (χ0n) is 15.2. The van der Waals surface area contributed by atoms with E-state index in [1.165, 1.54) is 18.2 Å². The summed E-state index contributed by atoms with van der Waals surface area (Å²) in [6, 6.07) is 3.99. The maximum atomic E-state index is 12.7. The number of carbonyl (C=O) groups excluding carboxylic acids is 1. The Morgan fingerprint density at radius 3 is 2.79 bits per heavy atom. The first-order valence-electron chi connectivity index (χ1n) is 8.09. The van der Waals surface area contributed by atoms with Gasteiger partial charge in [0, 0.05) is 11.8 Å². The van der Waals surface area contributed by atoms with Gasteiger partial charge in [0.1, 0.15) is 15.7 Å². The fourth-order valence-electron chi connectivity index (χ4n) is 2.70. The van der Waals surface area contributed by atoms with E-state index in [0.29, 0.717) is 33.0 Å². The third kappa shape index (κ3) is 3.88. The van der Waals surface area contributed by atoms with Crippen molar-refractivity contribution < 1.29 is 9.72 Å². The normalized spacial score (nSPS) is 11.2. The third-order valence-corrected chi connectivity index (χ3v) is 5.43. The van der Waals surface area contributed by atoms with Gasteiger partial charge in [0.15, 0.2) is 0 Å². The molecular weight excluding hydrogens is 406 g/mol. The van der Waals surface area contributed by atoms with Crippen LogP contribution in [0.4, 0.5) is 11.4 Å². The van der Waals surface area contributed by atoms with Crippen LogP contribution in [0.1, 0.15) is 21.1 Å². The number of benzene rings is 1. The number of nitrogens with zero attached hydrogens (tertiary/aromatic N) is 3. The molecule has 0 spiro atoms. The number of rotatable bonds is 5. The smallest absolute Gasteiger partial charge is 0.289 e. The molecule has 3 aromatic rings. The lowest BCUT2D eigenvalue weighted by atomic mass is 10.2. The number of aromatic nitrogens is 2. The van der Waals surface area contributed by atoms with Crippen LogP contribution < -0.4 is 10.9 Å². The predicted octanol–water partition coefficient (Wildman–Crippen LogP) is 3.17. The van der Waals surface area contributed by atoms with E-state index < -0.39 is 10.8 Å². The lowest BCUT2D eigenvalue weighted by Gasteiger charge is -2.07. The van der Waals surface area contributed by atoms with Crippen molar-refractivity contribution in [3.05, 3.63) is 60.0 Å². The molecule has 0 aliphatic heterocycles. The number of fused-ring (bicyclic) bond motifs is 1. The number of hydrogen-bond acceptors (Lipinski definition) is 7. The number of aromatic amines is 1. The summed E-state index contributed by atoms with van der Waals surface area (Å²) in [5, 5.41) is 14.0. The van der Waals surface area contributed by atoms with Crippen molar-refractivity contribution in [1.82, 2.24) is 14.9 Å². The molecule has 0 atom stereocenters. The van der Waals surface area contributed by atoms with Crippen molar-refractivity contribution in [2.45, 2.75) is 13.5 Å². The van der Waals surface area contributed by atoms with E-state index >= 15 is 0 Å². The highest BCUT2D eigenvalue weighted by atomic mass is 35.5. The molecule has 1 aromatic carbocycles. The topological polar surface area (TPSA) is 121 Å². The van der Waals surface area contributed by atoms with Crippen LogP contribution in [0.25, 0.3) is 10.2 Å². The molecule has 3 rings (SSSR count). The SMILES string of the molecule is Cc1c(C(=O)Nc2ccc(Cl)c([N+](=O)[O-])c2)sc2nc(CN(C)C)[nH]c(=O)c12. The summed E-state index contributed by atoms with van der Waals surface area (Å²) in [6.45, 7) is 2.12. The summed E-state index contributed by atoms with van der Waals surface area (Å²) >= 11 is 6.89. The van der Waals surface area contributed by atoms with E-state index in [-0.39, 0.29) is 22.0 Å². The van der Waals surface area contributed by atoms with Crippen LogP contribution in [-0.2, 0) is 6.54 Å². The molecule has 0 bridgehead atoms. The van der Waals surface area contributed by atoms with Crippen LogP contribution in [0.2, 0.25) is 5.02 Å². The molecule has 28 heavy (non-hydrogen) atoms. The van der Waals surface area contributed by atoms with Crippen LogP contribution in [0.3, 0.4) is 0 Å². The number of hydrogen-bond donors (Lipinski definition) is 2. The maximum absolute atomic E-state index is 12.7. The van der Waals surface area contributed by atoms with Crippen molar-refractivity contribution in [3.8, 4) is 0 Å². The minimum absolute atomic E-state index is 0.0230. The number of anilines is 1. The van der Waals surface area contributed by atoms with Crippen LogP contribution in [0.5, 0.6) is 0 Å². The van der Waals surface area contributed by atoms with E-state index in [2.05, 4.69) is 15.3 Å². The van der Waals surface area contributed by atoms with Gasteiger partial charge in [-0.25, -0.2) is 4.98 Å². The van der Waals surface area contributed by atoms with Gasteiger partial charge < -0.3 is 15.2 Å². The molecule has 11 heteroatoms. The second-order valence-electron chi connectivity index (χ2n) is 6.36. The van der Waals surface area contributed by atoms with Gasteiger partial charge in [0.25, 0.3) is 17.2 Å². The molecule has 0 fully saturated rings. The Hall–Kier alpha value is -2.82. The van der Waals surface area contributed by atoms with Crippen molar-refractivity contribution in [1.29, 1.82) is 0 Å². The molecule has 146 valence electrons. The summed E-state index contributed by atoms with van der Waals surface area (Å²) in [5.41, 5.74) is 0.120. The van der Waals surface area contributed by atoms with Gasteiger partial charge in [-0.2, -0.15) is 0 Å².